The van der Waals surface area contributed by atoms with Gasteiger partial charge in [-0.3, -0.25) is 0 Å². The molecule has 3 rings (SSSR count). The molecule has 1 amide bonds. The smallest absolute Gasteiger partial charge is 0.407 e. The minimum Gasteiger partial charge on any atom is -0.460 e. The van der Waals surface area contributed by atoms with E-state index in [1.54, 1.807) is 0 Å². The quantitative estimate of drug-likeness (QED) is 0.542. The number of aliphatic hydroxyl groups excluding tert-OH is 1. The van der Waals surface area contributed by atoms with E-state index < -0.39 is 18.1 Å². The van der Waals surface area contributed by atoms with E-state index in [1.165, 1.54) is 6.08 Å². The summed E-state index contributed by atoms with van der Waals surface area (Å²) in [5, 5.41) is 11.6. The fraction of sp³-hybridized carbons (Fsp3) is 0.273. The molecule has 1 aliphatic carbocycles. The highest BCUT2D eigenvalue weighted by Crippen LogP contribution is 2.44. The van der Waals surface area contributed by atoms with Crippen molar-refractivity contribution in [2.24, 2.45) is 0 Å². The zero-order valence-electron chi connectivity index (χ0n) is 15.5. The Morgan fingerprint density at radius 2 is 1.68 bits per heavy atom. The number of benzene rings is 2. The first kappa shape index (κ1) is 19.6. The Morgan fingerprint density at radius 1 is 1.07 bits per heavy atom. The van der Waals surface area contributed by atoms with Crippen molar-refractivity contribution >= 4 is 12.1 Å². The summed E-state index contributed by atoms with van der Waals surface area (Å²) in [6.45, 7) is 3.39. The largest absolute Gasteiger partial charge is 0.460 e. The molecule has 146 valence electrons. The van der Waals surface area contributed by atoms with Gasteiger partial charge in [0, 0.05) is 18.9 Å². The van der Waals surface area contributed by atoms with Crippen molar-refractivity contribution < 1.29 is 24.2 Å². The summed E-state index contributed by atoms with van der Waals surface area (Å²) in [7, 11) is 0. The minimum atomic E-state index is -0.972. The van der Waals surface area contributed by atoms with Gasteiger partial charge in [0.2, 0.25) is 0 Å². The molecule has 0 unspecified atom stereocenters. The Balaban J connectivity index is 1.65. The number of hydrogen-bond donors (Lipinski definition) is 2. The van der Waals surface area contributed by atoms with Crippen LogP contribution < -0.4 is 5.32 Å². The van der Waals surface area contributed by atoms with Crippen LogP contribution in [0, 0.1) is 0 Å². The second kappa shape index (κ2) is 9.19. The number of amides is 1. The van der Waals surface area contributed by atoms with Crippen LogP contribution in [0.5, 0.6) is 0 Å². The average molecular weight is 381 g/mol. The summed E-state index contributed by atoms with van der Waals surface area (Å²) in [5.74, 6) is -0.704. The van der Waals surface area contributed by atoms with Crippen LogP contribution in [0.3, 0.4) is 0 Å². The van der Waals surface area contributed by atoms with Gasteiger partial charge in [0.05, 0.1) is 0 Å². The van der Waals surface area contributed by atoms with E-state index in [0.717, 1.165) is 22.3 Å². The standard InChI is InChI=1S/C22H23NO5/c1-2-13-27-21(25)20(11-12-24)23-22(26)28-14-19-17-9-5-3-7-15(17)16-8-4-6-10-18(16)19/h2-10,19-20,24H,1,11-14H2,(H,23,26)/t20-/m0/s1. The number of hydrogen-bond acceptors (Lipinski definition) is 5. The van der Waals surface area contributed by atoms with Gasteiger partial charge in [0.15, 0.2) is 0 Å². The maximum Gasteiger partial charge on any atom is 0.407 e. The molecule has 2 aromatic rings. The summed E-state index contributed by atoms with van der Waals surface area (Å²) < 4.78 is 10.4. The van der Waals surface area contributed by atoms with Crippen molar-refractivity contribution in [1.29, 1.82) is 0 Å². The first-order valence-corrected chi connectivity index (χ1v) is 9.15. The molecule has 0 aromatic heterocycles. The van der Waals surface area contributed by atoms with Gasteiger partial charge < -0.3 is 19.9 Å². The zero-order chi connectivity index (χ0) is 19.9. The highest BCUT2D eigenvalue weighted by molar-refractivity contribution is 5.82. The Labute approximate surface area is 163 Å². The Kier molecular flexibility index (Phi) is 6.45. The van der Waals surface area contributed by atoms with E-state index >= 15 is 0 Å². The van der Waals surface area contributed by atoms with Crippen LogP contribution in [0.25, 0.3) is 11.1 Å². The predicted octanol–water partition coefficient (Wildman–Crippen LogP) is 3.01. The van der Waals surface area contributed by atoms with Gasteiger partial charge in [-0.05, 0) is 22.3 Å². The van der Waals surface area contributed by atoms with E-state index in [0.29, 0.717) is 0 Å². The summed E-state index contributed by atoms with van der Waals surface area (Å²) in [6, 6.07) is 15.1. The molecule has 0 radical (unpaired) electrons. The molecule has 0 saturated carbocycles. The van der Waals surface area contributed by atoms with Gasteiger partial charge >= 0.3 is 12.1 Å². The normalized spacial score (nSPS) is 13.2. The number of aliphatic hydroxyl groups is 1. The maximum absolute atomic E-state index is 12.2. The summed E-state index contributed by atoms with van der Waals surface area (Å²) >= 11 is 0. The number of rotatable bonds is 8. The van der Waals surface area contributed by atoms with E-state index in [9.17, 15) is 9.59 Å². The van der Waals surface area contributed by atoms with Crippen molar-refractivity contribution in [3.8, 4) is 11.1 Å². The van der Waals surface area contributed by atoms with E-state index in [-0.39, 0.29) is 32.2 Å². The van der Waals surface area contributed by atoms with Crippen LogP contribution in [-0.2, 0) is 14.3 Å². The summed E-state index contributed by atoms with van der Waals surface area (Å²) in [6.07, 6.45) is 0.748. The molecule has 2 N–H and O–H groups in total. The van der Waals surface area contributed by atoms with Crippen molar-refractivity contribution in [1.82, 2.24) is 5.32 Å². The number of alkyl carbamates (subject to hydrolysis) is 1. The molecule has 1 aliphatic rings. The van der Waals surface area contributed by atoms with E-state index in [1.807, 2.05) is 36.4 Å². The van der Waals surface area contributed by atoms with E-state index in [2.05, 4.69) is 24.0 Å². The van der Waals surface area contributed by atoms with Gasteiger partial charge in [0.1, 0.15) is 19.3 Å². The highest BCUT2D eigenvalue weighted by Gasteiger charge is 2.29. The molecular formula is C22H23NO5. The second-order valence-electron chi connectivity index (χ2n) is 6.45. The monoisotopic (exact) mass is 381 g/mol. The predicted molar refractivity (Wildman–Crippen MR) is 105 cm³/mol. The molecule has 28 heavy (non-hydrogen) atoms. The number of nitrogens with one attached hydrogen (secondary N) is 1. The van der Waals surface area contributed by atoms with Crippen LogP contribution in [-0.4, -0.2) is 43.0 Å². The topological polar surface area (TPSA) is 84.9 Å². The van der Waals surface area contributed by atoms with Crippen molar-refractivity contribution in [2.75, 3.05) is 19.8 Å². The van der Waals surface area contributed by atoms with Gasteiger partial charge in [-0.25, -0.2) is 9.59 Å². The molecule has 6 nitrogen and oxygen atoms in total. The van der Waals surface area contributed by atoms with Crippen LogP contribution in [0.15, 0.2) is 61.2 Å². The number of carbonyl (C=O) groups excluding carboxylic acids is 2. The number of carbonyl (C=O) groups is 2. The molecule has 0 fully saturated rings. The molecule has 2 aromatic carbocycles. The molecule has 0 bridgehead atoms. The van der Waals surface area contributed by atoms with Gasteiger partial charge in [0.25, 0.3) is 0 Å². The molecular weight excluding hydrogens is 358 g/mol. The average Bonchev–Trinajstić information content (AvgIpc) is 3.04. The summed E-state index contributed by atoms with van der Waals surface area (Å²) in [5.41, 5.74) is 4.49. The lowest BCUT2D eigenvalue weighted by molar-refractivity contribution is -0.145. The second-order valence-corrected chi connectivity index (χ2v) is 6.45. The number of ether oxygens (including phenoxy) is 2. The van der Waals surface area contributed by atoms with Gasteiger partial charge in [-0.2, -0.15) is 0 Å². The molecule has 0 heterocycles. The van der Waals surface area contributed by atoms with Crippen LogP contribution in [0.2, 0.25) is 0 Å². The van der Waals surface area contributed by atoms with Crippen molar-refractivity contribution in [3.63, 3.8) is 0 Å². The Hall–Kier alpha value is -3.12. The molecule has 0 aliphatic heterocycles. The third-order valence-corrected chi connectivity index (χ3v) is 4.68. The SMILES string of the molecule is C=CCOC(=O)[C@H](CCO)NC(=O)OCC1c2ccccc2-c2ccccc21. The van der Waals surface area contributed by atoms with Crippen molar-refractivity contribution in [3.05, 3.63) is 72.3 Å². The minimum absolute atomic E-state index is 0.0349. The third kappa shape index (κ3) is 4.23. The highest BCUT2D eigenvalue weighted by atomic mass is 16.6. The molecule has 6 heteroatoms. The lowest BCUT2D eigenvalue weighted by Gasteiger charge is -2.18. The third-order valence-electron chi connectivity index (χ3n) is 4.68. The molecule has 0 saturated heterocycles. The lowest BCUT2D eigenvalue weighted by Crippen LogP contribution is -2.43. The number of esters is 1. The maximum atomic E-state index is 12.2. The molecule has 1 atom stereocenters. The Morgan fingerprint density at radius 3 is 2.25 bits per heavy atom. The first-order chi connectivity index (χ1) is 13.7. The fourth-order valence-corrected chi connectivity index (χ4v) is 3.40. The van der Waals surface area contributed by atoms with Crippen LogP contribution >= 0.6 is 0 Å². The van der Waals surface area contributed by atoms with Gasteiger partial charge in [-0.1, -0.05) is 61.2 Å². The van der Waals surface area contributed by atoms with Crippen molar-refractivity contribution in [2.45, 2.75) is 18.4 Å². The zero-order valence-corrected chi connectivity index (χ0v) is 15.5. The van der Waals surface area contributed by atoms with E-state index in [4.69, 9.17) is 14.6 Å². The van der Waals surface area contributed by atoms with Crippen LogP contribution in [0.4, 0.5) is 4.79 Å². The van der Waals surface area contributed by atoms with Gasteiger partial charge in [-0.15, -0.1) is 0 Å². The number of fused-ring (bicyclic) bond motifs is 3. The fourth-order valence-electron chi connectivity index (χ4n) is 3.40. The van der Waals surface area contributed by atoms with Crippen LogP contribution in [0.1, 0.15) is 23.5 Å². The summed E-state index contributed by atoms with van der Waals surface area (Å²) in [4.78, 5) is 24.2. The Bertz CT molecular complexity index is 818. The first-order valence-electron chi connectivity index (χ1n) is 9.15. The molecule has 0 spiro atoms. The lowest BCUT2D eigenvalue weighted by atomic mass is 9.98.